The van der Waals surface area contributed by atoms with Gasteiger partial charge in [0.05, 0.1) is 5.60 Å². The Kier molecular flexibility index (Phi) is 4.60. The van der Waals surface area contributed by atoms with Gasteiger partial charge in [0, 0.05) is 6.54 Å². The molecule has 0 radical (unpaired) electrons. The monoisotopic (exact) mass is 213 g/mol. The number of hydrogen-bond donors (Lipinski definition) is 1. The molecule has 0 unspecified atom stereocenters. The van der Waals surface area contributed by atoms with Crippen LogP contribution in [-0.4, -0.2) is 35.2 Å². The maximum Gasteiger partial charge on any atom is 0.0718 e. The molecule has 2 nitrogen and oxygen atoms in total. The van der Waals surface area contributed by atoms with Crippen molar-refractivity contribution < 1.29 is 5.11 Å². The average Bonchev–Trinajstić information content (AvgIpc) is 2.05. The van der Waals surface area contributed by atoms with E-state index in [0.29, 0.717) is 0 Å². The molecule has 0 bridgehead atoms. The Hall–Kier alpha value is -0.0800. The Balaban J connectivity index is 2.24. The third-order valence-corrected chi connectivity index (χ3v) is 3.12. The van der Waals surface area contributed by atoms with Crippen LogP contribution in [0, 0.1) is 11.8 Å². The number of β-amino-alcohol motifs (C(OH)–C–C–N with tert-alkyl or cyclic N) is 1. The number of piperidine rings is 1. The summed E-state index contributed by atoms with van der Waals surface area (Å²) in [4.78, 5) is 2.40. The maximum absolute atomic E-state index is 9.74. The molecule has 1 heterocycles. The number of aliphatic hydroxyl groups is 1. The van der Waals surface area contributed by atoms with Gasteiger partial charge < -0.3 is 10.0 Å². The molecule has 1 rings (SSSR count). The van der Waals surface area contributed by atoms with Gasteiger partial charge in [0.2, 0.25) is 0 Å². The van der Waals surface area contributed by atoms with Crippen molar-refractivity contribution in [3.05, 3.63) is 0 Å². The Bertz CT molecular complexity index is 175. The van der Waals surface area contributed by atoms with Crippen LogP contribution in [0.3, 0.4) is 0 Å². The molecule has 0 spiro atoms. The zero-order chi connectivity index (χ0) is 11.5. The van der Waals surface area contributed by atoms with Crippen molar-refractivity contribution in [1.82, 2.24) is 4.90 Å². The van der Waals surface area contributed by atoms with E-state index in [9.17, 15) is 5.11 Å². The maximum atomic E-state index is 9.74. The lowest BCUT2D eigenvalue weighted by Gasteiger charge is -2.35. The minimum atomic E-state index is -0.537. The van der Waals surface area contributed by atoms with Crippen LogP contribution >= 0.6 is 0 Å². The van der Waals surface area contributed by atoms with Crippen molar-refractivity contribution in [2.24, 2.45) is 11.8 Å². The predicted octanol–water partition coefficient (Wildman–Crippen LogP) is 2.52. The van der Waals surface area contributed by atoms with E-state index < -0.39 is 5.60 Å². The Labute approximate surface area is 94.7 Å². The SMILES string of the molecule is CC(C)CC1CCN(CC(C)(C)O)CC1. The second-order valence-electron chi connectivity index (χ2n) is 6.16. The molecule has 1 aliphatic rings. The van der Waals surface area contributed by atoms with Gasteiger partial charge in [0.1, 0.15) is 0 Å². The molecule has 0 aromatic heterocycles. The van der Waals surface area contributed by atoms with Crippen LogP contribution in [0.25, 0.3) is 0 Å². The third kappa shape index (κ3) is 5.53. The van der Waals surface area contributed by atoms with Crippen LogP contribution < -0.4 is 0 Å². The Morgan fingerprint density at radius 1 is 1.27 bits per heavy atom. The smallest absolute Gasteiger partial charge is 0.0718 e. The normalized spacial score (nSPS) is 21.2. The highest BCUT2D eigenvalue weighted by molar-refractivity contribution is 4.78. The molecule has 0 amide bonds. The number of likely N-dealkylation sites (tertiary alicyclic amines) is 1. The fourth-order valence-electron chi connectivity index (χ4n) is 2.59. The molecule has 0 aliphatic carbocycles. The molecule has 1 fully saturated rings. The van der Waals surface area contributed by atoms with Crippen molar-refractivity contribution in [3.63, 3.8) is 0 Å². The van der Waals surface area contributed by atoms with Crippen LogP contribution in [0.5, 0.6) is 0 Å². The Morgan fingerprint density at radius 2 is 1.80 bits per heavy atom. The summed E-state index contributed by atoms with van der Waals surface area (Å²) in [6, 6.07) is 0. The summed E-state index contributed by atoms with van der Waals surface area (Å²) in [6.45, 7) is 11.6. The second kappa shape index (κ2) is 5.31. The molecular weight excluding hydrogens is 186 g/mol. The van der Waals surface area contributed by atoms with Gasteiger partial charge in [0.15, 0.2) is 0 Å². The van der Waals surface area contributed by atoms with Gasteiger partial charge in [-0.25, -0.2) is 0 Å². The topological polar surface area (TPSA) is 23.5 Å². The summed E-state index contributed by atoms with van der Waals surface area (Å²) in [5.41, 5.74) is -0.537. The van der Waals surface area contributed by atoms with Gasteiger partial charge in [-0.05, 0) is 58.0 Å². The van der Waals surface area contributed by atoms with Gasteiger partial charge in [0.25, 0.3) is 0 Å². The van der Waals surface area contributed by atoms with Gasteiger partial charge >= 0.3 is 0 Å². The van der Waals surface area contributed by atoms with Crippen LogP contribution in [-0.2, 0) is 0 Å². The first-order valence-electron chi connectivity index (χ1n) is 6.31. The summed E-state index contributed by atoms with van der Waals surface area (Å²) < 4.78 is 0. The van der Waals surface area contributed by atoms with Crippen LogP contribution in [0.4, 0.5) is 0 Å². The van der Waals surface area contributed by atoms with Crippen molar-refractivity contribution in [1.29, 1.82) is 0 Å². The van der Waals surface area contributed by atoms with E-state index in [0.717, 1.165) is 18.4 Å². The van der Waals surface area contributed by atoms with Crippen LogP contribution in [0.2, 0.25) is 0 Å². The fourth-order valence-corrected chi connectivity index (χ4v) is 2.59. The summed E-state index contributed by atoms with van der Waals surface area (Å²) in [5.74, 6) is 1.75. The van der Waals surface area contributed by atoms with E-state index >= 15 is 0 Å². The minimum absolute atomic E-state index is 0.537. The summed E-state index contributed by atoms with van der Waals surface area (Å²) in [7, 11) is 0. The van der Waals surface area contributed by atoms with E-state index in [4.69, 9.17) is 0 Å². The lowest BCUT2D eigenvalue weighted by molar-refractivity contribution is 0.0232. The van der Waals surface area contributed by atoms with Crippen LogP contribution in [0.15, 0.2) is 0 Å². The molecule has 0 aromatic carbocycles. The first kappa shape index (κ1) is 13.0. The van der Waals surface area contributed by atoms with E-state index in [1.807, 2.05) is 13.8 Å². The van der Waals surface area contributed by atoms with E-state index in [-0.39, 0.29) is 0 Å². The molecule has 0 atom stereocenters. The zero-order valence-electron chi connectivity index (χ0n) is 10.8. The van der Waals surface area contributed by atoms with Crippen molar-refractivity contribution in [2.45, 2.75) is 52.6 Å². The molecular formula is C13H27NO. The standard InChI is InChI=1S/C13H27NO/c1-11(2)9-12-5-7-14(8-6-12)10-13(3,4)15/h11-12,15H,5-10H2,1-4H3. The summed E-state index contributed by atoms with van der Waals surface area (Å²) in [6.07, 6.45) is 4.00. The van der Waals surface area contributed by atoms with E-state index in [1.165, 1.54) is 32.4 Å². The van der Waals surface area contributed by atoms with Crippen molar-refractivity contribution >= 4 is 0 Å². The highest BCUT2D eigenvalue weighted by Crippen LogP contribution is 2.24. The van der Waals surface area contributed by atoms with Gasteiger partial charge in [-0.2, -0.15) is 0 Å². The fraction of sp³-hybridized carbons (Fsp3) is 1.00. The molecule has 90 valence electrons. The van der Waals surface area contributed by atoms with Gasteiger partial charge in [-0.15, -0.1) is 0 Å². The largest absolute Gasteiger partial charge is 0.389 e. The molecule has 1 saturated heterocycles. The van der Waals surface area contributed by atoms with E-state index in [1.54, 1.807) is 0 Å². The Morgan fingerprint density at radius 3 is 2.20 bits per heavy atom. The number of nitrogens with zero attached hydrogens (tertiary/aromatic N) is 1. The van der Waals surface area contributed by atoms with E-state index in [2.05, 4.69) is 18.7 Å². The van der Waals surface area contributed by atoms with Crippen LogP contribution in [0.1, 0.15) is 47.0 Å². The molecule has 2 heteroatoms. The second-order valence-corrected chi connectivity index (χ2v) is 6.16. The quantitative estimate of drug-likeness (QED) is 0.775. The molecule has 15 heavy (non-hydrogen) atoms. The number of hydrogen-bond acceptors (Lipinski definition) is 2. The van der Waals surface area contributed by atoms with Gasteiger partial charge in [-0.1, -0.05) is 13.8 Å². The molecule has 1 N–H and O–H groups in total. The van der Waals surface area contributed by atoms with Crippen molar-refractivity contribution in [2.75, 3.05) is 19.6 Å². The van der Waals surface area contributed by atoms with Gasteiger partial charge in [-0.3, -0.25) is 0 Å². The molecule has 0 saturated carbocycles. The predicted molar refractivity (Wildman–Crippen MR) is 64.9 cm³/mol. The minimum Gasteiger partial charge on any atom is -0.389 e. The first-order valence-corrected chi connectivity index (χ1v) is 6.31. The summed E-state index contributed by atoms with van der Waals surface area (Å²) in [5, 5.41) is 9.74. The summed E-state index contributed by atoms with van der Waals surface area (Å²) >= 11 is 0. The third-order valence-electron chi connectivity index (χ3n) is 3.12. The highest BCUT2D eigenvalue weighted by atomic mass is 16.3. The molecule has 1 aliphatic heterocycles. The average molecular weight is 213 g/mol. The number of rotatable bonds is 4. The lowest BCUT2D eigenvalue weighted by atomic mass is 9.88. The van der Waals surface area contributed by atoms with Crippen molar-refractivity contribution in [3.8, 4) is 0 Å². The first-order chi connectivity index (χ1) is 6.87. The highest BCUT2D eigenvalue weighted by Gasteiger charge is 2.23. The lowest BCUT2D eigenvalue weighted by Crippen LogP contribution is -2.43. The zero-order valence-corrected chi connectivity index (χ0v) is 10.8. The molecule has 0 aromatic rings.